The Morgan fingerprint density at radius 3 is 3.00 bits per heavy atom. The number of nitrogens with two attached hydrogens (primary N) is 1. The number of carbonyl (C=O) groups excluding carboxylic acids is 1. The summed E-state index contributed by atoms with van der Waals surface area (Å²) in [5.74, 6) is 5.03. The van der Waals surface area contributed by atoms with Gasteiger partial charge >= 0.3 is 6.09 Å². The molecule has 1 aliphatic rings. The lowest BCUT2D eigenvalue weighted by Crippen LogP contribution is -2.43. The van der Waals surface area contributed by atoms with Crippen LogP contribution in [0.5, 0.6) is 0 Å². The summed E-state index contributed by atoms with van der Waals surface area (Å²) in [6, 6.07) is 0. The largest absolute Gasteiger partial charge is 0.453 e. The van der Waals surface area contributed by atoms with Crippen LogP contribution in [0.4, 0.5) is 4.79 Å². The molecule has 12 heavy (non-hydrogen) atoms. The first-order valence-electron chi connectivity index (χ1n) is 3.96. The van der Waals surface area contributed by atoms with E-state index < -0.39 is 0 Å². The van der Waals surface area contributed by atoms with Gasteiger partial charge in [0.05, 0.1) is 19.8 Å². The summed E-state index contributed by atoms with van der Waals surface area (Å²) in [5.41, 5.74) is 0. The average Bonchev–Trinajstić information content (AvgIpc) is 2.17. The van der Waals surface area contributed by atoms with E-state index in [9.17, 15) is 4.79 Å². The topological polar surface area (TPSA) is 64.8 Å². The van der Waals surface area contributed by atoms with Gasteiger partial charge in [0, 0.05) is 6.54 Å². The van der Waals surface area contributed by atoms with Crippen molar-refractivity contribution in [3.8, 4) is 0 Å². The Morgan fingerprint density at radius 1 is 1.67 bits per heavy atom. The van der Waals surface area contributed by atoms with Gasteiger partial charge in [-0.05, 0) is 12.8 Å². The fourth-order valence-electron chi connectivity index (χ4n) is 1.34. The van der Waals surface area contributed by atoms with Crippen LogP contribution in [0.15, 0.2) is 0 Å². The zero-order valence-corrected chi connectivity index (χ0v) is 7.16. The molecule has 1 atom stereocenters. The fraction of sp³-hybridized carbons (Fsp3) is 0.857. The molecule has 0 saturated carbocycles. The van der Waals surface area contributed by atoms with Crippen LogP contribution in [0.25, 0.3) is 0 Å². The Morgan fingerprint density at radius 2 is 2.42 bits per heavy atom. The first-order valence-corrected chi connectivity index (χ1v) is 3.96. The van der Waals surface area contributed by atoms with Crippen molar-refractivity contribution in [1.82, 2.24) is 4.90 Å². The molecule has 0 bridgehead atoms. The van der Waals surface area contributed by atoms with E-state index in [2.05, 4.69) is 9.57 Å². The van der Waals surface area contributed by atoms with Crippen LogP contribution in [-0.4, -0.2) is 37.3 Å². The molecule has 0 aliphatic carbocycles. The molecule has 1 rings (SSSR count). The first-order chi connectivity index (χ1) is 5.77. The van der Waals surface area contributed by atoms with Crippen molar-refractivity contribution in [2.45, 2.75) is 18.9 Å². The second kappa shape index (κ2) is 4.27. The molecule has 70 valence electrons. The normalized spacial score (nSPS) is 23.8. The minimum atomic E-state index is -0.309. The quantitative estimate of drug-likeness (QED) is 0.573. The molecule has 0 radical (unpaired) electrons. The molecule has 0 aromatic carbocycles. The number of piperidine rings is 1. The van der Waals surface area contributed by atoms with Crippen molar-refractivity contribution in [2.24, 2.45) is 5.90 Å². The lowest BCUT2D eigenvalue weighted by Gasteiger charge is -2.30. The van der Waals surface area contributed by atoms with Crippen LogP contribution in [0.3, 0.4) is 0 Å². The molecule has 0 aromatic rings. The molecule has 1 heterocycles. The van der Waals surface area contributed by atoms with Crippen molar-refractivity contribution in [3.05, 3.63) is 0 Å². The molecule has 1 fully saturated rings. The number of hydrogen-bond acceptors (Lipinski definition) is 4. The van der Waals surface area contributed by atoms with E-state index >= 15 is 0 Å². The smallest absolute Gasteiger partial charge is 0.409 e. The Kier molecular flexibility index (Phi) is 3.31. The molecule has 1 unspecified atom stereocenters. The standard InChI is InChI=1S/C7H14N2O3/c1-11-7(10)9-4-2-3-6(5-9)12-8/h6H,2-5,8H2,1H3. The predicted molar refractivity (Wildman–Crippen MR) is 42.3 cm³/mol. The second-order valence-corrected chi connectivity index (χ2v) is 2.82. The van der Waals surface area contributed by atoms with Crippen LogP contribution >= 0.6 is 0 Å². The average molecular weight is 174 g/mol. The highest BCUT2D eigenvalue weighted by molar-refractivity contribution is 5.67. The van der Waals surface area contributed by atoms with Gasteiger partial charge in [-0.1, -0.05) is 0 Å². The van der Waals surface area contributed by atoms with E-state index in [4.69, 9.17) is 5.90 Å². The maximum absolute atomic E-state index is 11.0. The van der Waals surface area contributed by atoms with Gasteiger partial charge in [0.2, 0.25) is 0 Å². The number of hydrogen-bond donors (Lipinski definition) is 1. The second-order valence-electron chi connectivity index (χ2n) is 2.82. The van der Waals surface area contributed by atoms with E-state index in [1.54, 1.807) is 4.90 Å². The SMILES string of the molecule is COC(=O)N1CCCC(ON)C1. The van der Waals surface area contributed by atoms with Crippen LogP contribution < -0.4 is 5.90 Å². The van der Waals surface area contributed by atoms with Crippen molar-refractivity contribution in [2.75, 3.05) is 20.2 Å². The first kappa shape index (κ1) is 9.28. The van der Waals surface area contributed by atoms with Crippen LogP contribution in [0.1, 0.15) is 12.8 Å². The number of methoxy groups -OCH3 is 1. The molecular weight excluding hydrogens is 160 g/mol. The monoisotopic (exact) mass is 174 g/mol. The van der Waals surface area contributed by atoms with Crippen molar-refractivity contribution in [3.63, 3.8) is 0 Å². The van der Waals surface area contributed by atoms with Gasteiger partial charge in [-0.3, -0.25) is 4.84 Å². The van der Waals surface area contributed by atoms with Gasteiger partial charge in [0.25, 0.3) is 0 Å². The molecule has 5 nitrogen and oxygen atoms in total. The van der Waals surface area contributed by atoms with Crippen molar-refractivity contribution in [1.29, 1.82) is 0 Å². The summed E-state index contributed by atoms with van der Waals surface area (Å²) < 4.78 is 4.57. The highest BCUT2D eigenvalue weighted by Gasteiger charge is 2.23. The molecule has 0 spiro atoms. The Hall–Kier alpha value is -0.810. The zero-order valence-electron chi connectivity index (χ0n) is 7.16. The number of nitrogens with zero attached hydrogens (tertiary/aromatic N) is 1. The molecular formula is C7H14N2O3. The minimum Gasteiger partial charge on any atom is -0.453 e. The van der Waals surface area contributed by atoms with E-state index in [1.807, 2.05) is 0 Å². The van der Waals surface area contributed by atoms with Crippen LogP contribution in [-0.2, 0) is 9.57 Å². The van der Waals surface area contributed by atoms with Gasteiger partial charge in [-0.15, -0.1) is 0 Å². The van der Waals surface area contributed by atoms with E-state index in [0.717, 1.165) is 19.4 Å². The summed E-state index contributed by atoms with van der Waals surface area (Å²) in [6.07, 6.45) is 1.47. The van der Waals surface area contributed by atoms with Gasteiger partial charge in [0.15, 0.2) is 0 Å². The van der Waals surface area contributed by atoms with Crippen molar-refractivity contribution < 1.29 is 14.4 Å². The van der Waals surface area contributed by atoms with Crippen LogP contribution in [0.2, 0.25) is 0 Å². The number of likely N-dealkylation sites (tertiary alicyclic amines) is 1. The predicted octanol–water partition coefficient (Wildman–Crippen LogP) is 0.108. The number of ether oxygens (including phenoxy) is 1. The fourth-order valence-corrected chi connectivity index (χ4v) is 1.34. The van der Waals surface area contributed by atoms with E-state index in [-0.39, 0.29) is 12.2 Å². The molecule has 2 N–H and O–H groups in total. The summed E-state index contributed by atoms with van der Waals surface area (Å²) >= 11 is 0. The number of amides is 1. The Balaban J connectivity index is 2.40. The molecule has 0 aromatic heterocycles. The van der Waals surface area contributed by atoms with Gasteiger partial charge in [0.1, 0.15) is 0 Å². The minimum absolute atomic E-state index is 0.0437. The third-order valence-electron chi connectivity index (χ3n) is 2.00. The third-order valence-corrected chi connectivity index (χ3v) is 2.00. The summed E-state index contributed by atoms with van der Waals surface area (Å²) in [4.78, 5) is 17.3. The van der Waals surface area contributed by atoms with E-state index in [0.29, 0.717) is 6.54 Å². The maximum Gasteiger partial charge on any atom is 0.409 e. The highest BCUT2D eigenvalue weighted by Crippen LogP contribution is 2.12. The molecule has 1 aliphatic heterocycles. The Bertz CT molecular complexity index is 163. The summed E-state index contributed by atoms with van der Waals surface area (Å²) in [6.45, 7) is 1.26. The van der Waals surface area contributed by atoms with Gasteiger partial charge < -0.3 is 9.64 Å². The zero-order chi connectivity index (χ0) is 8.97. The van der Waals surface area contributed by atoms with Gasteiger partial charge in [-0.25, -0.2) is 10.7 Å². The Labute approximate surface area is 71.4 Å². The lowest BCUT2D eigenvalue weighted by atomic mass is 10.1. The maximum atomic E-state index is 11.0. The van der Waals surface area contributed by atoms with Crippen molar-refractivity contribution >= 4 is 6.09 Å². The lowest BCUT2D eigenvalue weighted by molar-refractivity contribution is -0.000265. The molecule has 1 saturated heterocycles. The summed E-state index contributed by atoms with van der Waals surface area (Å²) in [5, 5.41) is 0. The van der Waals surface area contributed by atoms with E-state index in [1.165, 1.54) is 7.11 Å². The van der Waals surface area contributed by atoms with Crippen LogP contribution in [0, 0.1) is 0 Å². The molecule has 5 heteroatoms. The molecule has 1 amide bonds. The van der Waals surface area contributed by atoms with Gasteiger partial charge in [-0.2, -0.15) is 0 Å². The number of carbonyl (C=O) groups is 1. The highest BCUT2D eigenvalue weighted by atomic mass is 16.6. The summed E-state index contributed by atoms with van der Waals surface area (Å²) in [7, 11) is 1.37. The third kappa shape index (κ3) is 2.09. The number of rotatable bonds is 1.